The number of pyridine rings is 1. The van der Waals surface area contributed by atoms with E-state index in [2.05, 4.69) is 20.9 Å². The molecule has 6 nitrogen and oxygen atoms in total. The molecule has 1 fully saturated rings. The SMILES string of the molecule is COc1cc(CN2CCN(Cc3cccc(C)n3)[C@@H](CCO)C2)c(Cl)cc1O. The highest BCUT2D eigenvalue weighted by molar-refractivity contribution is 6.31. The summed E-state index contributed by atoms with van der Waals surface area (Å²) in [5.74, 6) is 0.473. The topological polar surface area (TPSA) is 69.1 Å². The second-order valence-corrected chi connectivity index (χ2v) is 7.66. The van der Waals surface area contributed by atoms with Crippen LogP contribution in [0.15, 0.2) is 30.3 Å². The molecule has 1 aliphatic rings. The lowest BCUT2D eigenvalue weighted by Gasteiger charge is -2.41. The van der Waals surface area contributed by atoms with Crippen LogP contribution in [-0.2, 0) is 13.1 Å². The van der Waals surface area contributed by atoms with Crippen LogP contribution >= 0.6 is 11.6 Å². The lowest BCUT2D eigenvalue weighted by Crippen LogP contribution is -2.52. The molecule has 152 valence electrons. The summed E-state index contributed by atoms with van der Waals surface area (Å²) in [6.07, 6.45) is 0.717. The molecule has 7 heteroatoms. The number of piperazine rings is 1. The third kappa shape index (κ3) is 5.14. The van der Waals surface area contributed by atoms with Crippen LogP contribution in [-0.4, -0.2) is 64.4 Å². The maximum Gasteiger partial charge on any atom is 0.160 e. The van der Waals surface area contributed by atoms with Crippen LogP contribution < -0.4 is 4.74 Å². The molecule has 2 heterocycles. The fourth-order valence-corrected chi connectivity index (χ4v) is 3.96. The molecule has 1 atom stereocenters. The van der Waals surface area contributed by atoms with Crippen molar-refractivity contribution in [1.29, 1.82) is 0 Å². The Bertz CT molecular complexity index is 802. The van der Waals surface area contributed by atoms with Crippen molar-refractivity contribution >= 4 is 11.6 Å². The second kappa shape index (κ2) is 9.56. The van der Waals surface area contributed by atoms with Gasteiger partial charge in [-0.3, -0.25) is 14.8 Å². The molecule has 0 bridgehead atoms. The normalized spacial score (nSPS) is 18.4. The first-order valence-corrected chi connectivity index (χ1v) is 9.93. The first-order valence-electron chi connectivity index (χ1n) is 9.55. The van der Waals surface area contributed by atoms with Crippen molar-refractivity contribution in [3.05, 3.63) is 52.3 Å². The number of aliphatic hydroxyl groups is 1. The number of aromatic hydroxyl groups is 1. The third-order valence-electron chi connectivity index (χ3n) is 5.20. The van der Waals surface area contributed by atoms with Crippen molar-refractivity contribution in [2.45, 2.75) is 32.5 Å². The lowest BCUT2D eigenvalue weighted by molar-refractivity contribution is 0.0491. The van der Waals surface area contributed by atoms with Gasteiger partial charge in [0.2, 0.25) is 0 Å². The molecule has 0 unspecified atom stereocenters. The van der Waals surface area contributed by atoms with Gasteiger partial charge in [0.15, 0.2) is 11.5 Å². The van der Waals surface area contributed by atoms with Crippen molar-refractivity contribution in [2.24, 2.45) is 0 Å². The number of halogens is 1. The van der Waals surface area contributed by atoms with Crippen molar-refractivity contribution in [2.75, 3.05) is 33.4 Å². The van der Waals surface area contributed by atoms with Crippen molar-refractivity contribution in [3.8, 4) is 11.5 Å². The number of rotatable bonds is 7. The van der Waals surface area contributed by atoms with E-state index in [4.69, 9.17) is 16.3 Å². The maximum atomic E-state index is 9.86. The molecule has 2 N–H and O–H groups in total. The van der Waals surface area contributed by atoms with Gasteiger partial charge in [0.05, 0.1) is 12.8 Å². The highest BCUT2D eigenvalue weighted by Gasteiger charge is 2.27. The van der Waals surface area contributed by atoms with Crippen molar-refractivity contribution in [3.63, 3.8) is 0 Å². The Morgan fingerprint density at radius 3 is 2.79 bits per heavy atom. The molecule has 0 amide bonds. The van der Waals surface area contributed by atoms with Gasteiger partial charge in [-0.1, -0.05) is 17.7 Å². The summed E-state index contributed by atoms with van der Waals surface area (Å²) in [5, 5.41) is 19.9. The van der Waals surface area contributed by atoms with Crippen LogP contribution in [0, 0.1) is 6.92 Å². The summed E-state index contributed by atoms with van der Waals surface area (Å²) < 4.78 is 5.21. The minimum Gasteiger partial charge on any atom is -0.504 e. The molecule has 1 aliphatic heterocycles. The van der Waals surface area contributed by atoms with Crippen LogP contribution in [0.2, 0.25) is 5.02 Å². The lowest BCUT2D eigenvalue weighted by atomic mass is 10.1. The highest BCUT2D eigenvalue weighted by Crippen LogP contribution is 2.33. The zero-order valence-corrected chi connectivity index (χ0v) is 17.2. The van der Waals surface area contributed by atoms with Crippen LogP contribution in [0.5, 0.6) is 11.5 Å². The Morgan fingerprint density at radius 2 is 2.07 bits per heavy atom. The predicted molar refractivity (Wildman–Crippen MR) is 110 cm³/mol. The van der Waals surface area contributed by atoms with Crippen LogP contribution in [0.4, 0.5) is 0 Å². The minimum atomic E-state index is 0.0462. The molecular weight excluding hydrogens is 378 g/mol. The van der Waals surface area contributed by atoms with Gasteiger partial charge in [0.25, 0.3) is 0 Å². The maximum absolute atomic E-state index is 9.86. The number of phenolic OH excluding ortho intramolecular Hbond substituents is 1. The average molecular weight is 406 g/mol. The Balaban J connectivity index is 1.68. The zero-order valence-electron chi connectivity index (χ0n) is 16.4. The quantitative estimate of drug-likeness (QED) is 0.738. The fraction of sp³-hybridized carbons (Fsp3) is 0.476. The van der Waals surface area contributed by atoms with Gasteiger partial charge in [0.1, 0.15) is 0 Å². The number of benzene rings is 1. The van der Waals surface area contributed by atoms with Crippen LogP contribution in [0.3, 0.4) is 0 Å². The summed E-state index contributed by atoms with van der Waals surface area (Å²) in [6.45, 7) is 6.25. The Labute approximate surface area is 171 Å². The number of hydrogen-bond donors (Lipinski definition) is 2. The van der Waals surface area contributed by atoms with Gasteiger partial charge in [0, 0.05) is 62.2 Å². The summed E-state index contributed by atoms with van der Waals surface area (Å²) in [7, 11) is 1.53. The Hall–Kier alpha value is -1.86. The Kier molecular flexibility index (Phi) is 7.13. The Morgan fingerprint density at radius 1 is 1.25 bits per heavy atom. The smallest absolute Gasteiger partial charge is 0.160 e. The van der Waals surface area contributed by atoms with E-state index in [-0.39, 0.29) is 18.4 Å². The van der Waals surface area contributed by atoms with E-state index in [1.54, 1.807) is 6.07 Å². The largest absolute Gasteiger partial charge is 0.504 e. The standard InChI is InChI=1S/C21H28ClN3O3/c1-15-4-3-5-17(23-15)13-25-8-7-24(14-18(25)6-9-26)12-16-10-21(28-2)20(27)11-19(16)22/h3-5,10-11,18,26-27H,6-9,12-14H2,1-2H3/t18-/m0/s1. The molecule has 1 aromatic heterocycles. The van der Waals surface area contributed by atoms with E-state index in [1.165, 1.54) is 13.2 Å². The molecule has 0 saturated carbocycles. The minimum absolute atomic E-state index is 0.0462. The summed E-state index contributed by atoms with van der Waals surface area (Å²) in [5.41, 5.74) is 3.00. The number of ether oxygens (including phenoxy) is 1. The predicted octanol–water partition coefficient (Wildman–Crippen LogP) is 2.83. The number of aromatic nitrogens is 1. The summed E-state index contributed by atoms with van der Waals surface area (Å²) in [6, 6.07) is 9.66. The number of methoxy groups -OCH3 is 1. The molecule has 1 aromatic carbocycles. The van der Waals surface area contributed by atoms with E-state index < -0.39 is 0 Å². The average Bonchev–Trinajstić information content (AvgIpc) is 2.66. The van der Waals surface area contributed by atoms with Crippen LogP contribution in [0.1, 0.15) is 23.4 Å². The number of aliphatic hydroxyl groups excluding tert-OH is 1. The second-order valence-electron chi connectivity index (χ2n) is 7.26. The van der Waals surface area contributed by atoms with Gasteiger partial charge < -0.3 is 14.9 Å². The van der Waals surface area contributed by atoms with Crippen molar-refractivity contribution in [1.82, 2.24) is 14.8 Å². The molecule has 3 rings (SSSR count). The molecule has 0 radical (unpaired) electrons. The summed E-state index contributed by atoms with van der Waals surface area (Å²) >= 11 is 6.33. The van der Waals surface area contributed by atoms with E-state index in [0.29, 0.717) is 17.3 Å². The molecule has 0 aliphatic carbocycles. The first-order chi connectivity index (χ1) is 13.5. The molecule has 2 aromatic rings. The van der Waals surface area contributed by atoms with E-state index in [1.807, 2.05) is 19.1 Å². The molecule has 28 heavy (non-hydrogen) atoms. The first kappa shape index (κ1) is 20.9. The number of aryl methyl sites for hydroxylation is 1. The number of nitrogens with zero attached hydrogens (tertiary/aromatic N) is 3. The van der Waals surface area contributed by atoms with Gasteiger partial charge >= 0.3 is 0 Å². The van der Waals surface area contributed by atoms with Gasteiger partial charge in [-0.2, -0.15) is 0 Å². The highest BCUT2D eigenvalue weighted by atomic mass is 35.5. The third-order valence-corrected chi connectivity index (χ3v) is 5.56. The van der Waals surface area contributed by atoms with E-state index in [0.717, 1.165) is 49.6 Å². The van der Waals surface area contributed by atoms with Gasteiger partial charge in [-0.25, -0.2) is 0 Å². The van der Waals surface area contributed by atoms with Crippen LogP contribution in [0.25, 0.3) is 0 Å². The van der Waals surface area contributed by atoms with E-state index in [9.17, 15) is 10.2 Å². The van der Waals surface area contributed by atoms with E-state index >= 15 is 0 Å². The van der Waals surface area contributed by atoms with Gasteiger partial charge in [-0.15, -0.1) is 0 Å². The van der Waals surface area contributed by atoms with Gasteiger partial charge in [-0.05, 0) is 37.1 Å². The number of hydrogen-bond acceptors (Lipinski definition) is 6. The monoisotopic (exact) mass is 405 g/mol. The number of phenols is 1. The molecular formula is C21H28ClN3O3. The summed E-state index contributed by atoms with van der Waals surface area (Å²) in [4.78, 5) is 9.34. The molecule has 1 saturated heterocycles. The zero-order chi connectivity index (χ0) is 20.1. The molecule has 0 spiro atoms. The fourth-order valence-electron chi connectivity index (χ4n) is 3.74. The van der Waals surface area contributed by atoms with Crippen molar-refractivity contribution < 1.29 is 14.9 Å².